The first kappa shape index (κ1) is 18.4. The molecule has 0 aliphatic carbocycles. The lowest BCUT2D eigenvalue weighted by Gasteiger charge is -2.23. The van der Waals surface area contributed by atoms with Gasteiger partial charge in [-0.1, -0.05) is 24.3 Å². The van der Waals surface area contributed by atoms with Crippen LogP contribution in [0.15, 0.2) is 48.5 Å². The van der Waals surface area contributed by atoms with Crippen molar-refractivity contribution in [2.45, 2.75) is 32.4 Å². The van der Waals surface area contributed by atoms with Crippen LogP contribution in [0.1, 0.15) is 29.8 Å². The van der Waals surface area contributed by atoms with Gasteiger partial charge in [0, 0.05) is 23.8 Å². The van der Waals surface area contributed by atoms with E-state index in [1.165, 1.54) is 0 Å². The van der Waals surface area contributed by atoms with E-state index in [4.69, 9.17) is 4.74 Å². The second-order valence-electron chi connectivity index (χ2n) is 6.58. The fourth-order valence-electron chi connectivity index (χ4n) is 2.80. The zero-order chi connectivity index (χ0) is 19.4. The molecule has 1 heterocycles. The average molecular weight is 367 g/mol. The fourth-order valence-corrected chi connectivity index (χ4v) is 2.80. The van der Waals surface area contributed by atoms with E-state index in [0.29, 0.717) is 23.4 Å². The van der Waals surface area contributed by atoms with Gasteiger partial charge in [0.2, 0.25) is 0 Å². The number of nitrogens with one attached hydrogen (secondary N) is 3. The molecule has 0 fully saturated rings. The molecule has 0 spiro atoms. The molecular weight excluding hydrogens is 346 g/mol. The predicted octanol–water partition coefficient (Wildman–Crippen LogP) is 2.94. The summed E-state index contributed by atoms with van der Waals surface area (Å²) in [7, 11) is 0. The van der Waals surface area contributed by atoms with Crippen LogP contribution in [0.5, 0.6) is 0 Å². The van der Waals surface area contributed by atoms with Crippen molar-refractivity contribution in [3.8, 4) is 0 Å². The van der Waals surface area contributed by atoms with Crippen molar-refractivity contribution < 1.29 is 19.1 Å². The number of hydrogen-bond donors (Lipinski definition) is 3. The Morgan fingerprint density at radius 2 is 1.74 bits per heavy atom. The molecule has 7 nitrogen and oxygen atoms in total. The van der Waals surface area contributed by atoms with Crippen LogP contribution >= 0.6 is 0 Å². The summed E-state index contributed by atoms with van der Waals surface area (Å²) in [5, 5.41) is 8.15. The molecule has 2 aromatic rings. The van der Waals surface area contributed by atoms with Crippen LogP contribution in [0.3, 0.4) is 0 Å². The molecule has 3 rings (SSSR count). The number of fused-ring (bicyclic) bond motifs is 1. The zero-order valence-corrected chi connectivity index (χ0v) is 15.1. The number of urea groups is 1. The lowest BCUT2D eigenvalue weighted by atomic mass is 9.98. The maximum Gasteiger partial charge on any atom is 0.339 e. The Labute approximate surface area is 157 Å². The van der Waals surface area contributed by atoms with Crippen molar-refractivity contribution in [2.75, 3.05) is 10.6 Å². The second kappa shape index (κ2) is 7.90. The van der Waals surface area contributed by atoms with Crippen LogP contribution in [-0.2, 0) is 16.0 Å². The maximum atomic E-state index is 12.5. The van der Waals surface area contributed by atoms with Gasteiger partial charge < -0.3 is 20.7 Å². The molecule has 3 N–H and O–H groups in total. The first-order chi connectivity index (χ1) is 12.9. The summed E-state index contributed by atoms with van der Waals surface area (Å²) in [6.07, 6.45) is -0.573. The maximum absolute atomic E-state index is 12.5. The number of esters is 1. The lowest BCUT2D eigenvalue weighted by Crippen LogP contribution is -2.38. The average Bonchev–Trinajstić information content (AvgIpc) is 2.61. The number of cyclic esters (lactones) is 1. The molecule has 7 heteroatoms. The molecule has 0 saturated heterocycles. The van der Waals surface area contributed by atoms with E-state index in [9.17, 15) is 14.4 Å². The summed E-state index contributed by atoms with van der Waals surface area (Å²) >= 11 is 0. The van der Waals surface area contributed by atoms with E-state index < -0.39 is 18.0 Å². The zero-order valence-electron chi connectivity index (χ0n) is 15.1. The fraction of sp³-hybridized carbons (Fsp3) is 0.250. The van der Waals surface area contributed by atoms with Crippen LogP contribution in [-0.4, -0.2) is 30.1 Å². The second-order valence-corrected chi connectivity index (χ2v) is 6.58. The summed E-state index contributed by atoms with van der Waals surface area (Å²) in [6.45, 7) is 3.72. The Morgan fingerprint density at radius 3 is 2.48 bits per heavy atom. The van der Waals surface area contributed by atoms with E-state index in [1.54, 1.807) is 36.4 Å². The summed E-state index contributed by atoms with van der Waals surface area (Å²) in [5.74, 6) is -0.917. The third-order valence-corrected chi connectivity index (χ3v) is 3.99. The van der Waals surface area contributed by atoms with Crippen LogP contribution in [0.25, 0.3) is 0 Å². The molecule has 27 heavy (non-hydrogen) atoms. The van der Waals surface area contributed by atoms with E-state index in [1.807, 2.05) is 26.0 Å². The normalized spacial score (nSPS) is 15.5. The first-order valence-electron chi connectivity index (χ1n) is 8.69. The van der Waals surface area contributed by atoms with Crippen molar-refractivity contribution in [1.29, 1.82) is 0 Å². The third kappa shape index (κ3) is 4.63. The number of benzene rings is 2. The topological polar surface area (TPSA) is 96.5 Å². The Kier molecular flexibility index (Phi) is 5.40. The molecule has 0 saturated carbocycles. The summed E-state index contributed by atoms with van der Waals surface area (Å²) in [5.41, 5.74) is 2.31. The highest BCUT2D eigenvalue weighted by Crippen LogP contribution is 2.22. The monoisotopic (exact) mass is 367 g/mol. The van der Waals surface area contributed by atoms with Crippen molar-refractivity contribution in [2.24, 2.45) is 0 Å². The minimum Gasteiger partial charge on any atom is -0.448 e. The number of carbonyl (C=O) groups is 3. The summed E-state index contributed by atoms with van der Waals surface area (Å²) in [6, 6.07) is 13.5. The predicted molar refractivity (Wildman–Crippen MR) is 102 cm³/mol. The Balaban J connectivity index is 1.66. The molecule has 1 atom stereocenters. The molecule has 0 unspecified atom stereocenters. The molecule has 1 aliphatic heterocycles. The van der Waals surface area contributed by atoms with E-state index in [2.05, 4.69) is 16.0 Å². The standard InChI is InChI=1S/C20H21N3O4/c1-12(2)21-20(26)23-15-8-5-7-14(11-15)22-18(24)17-10-13-6-3-4-9-16(13)19(25)27-17/h3-9,11-12,17H,10H2,1-2H3,(H,22,24)(H2,21,23,26)/t17-/m1/s1. The number of rotatable bonds is 4. The van der Waals surface area contributed by atoms with Crippen molar-refractivity contribution in [3.05, 3.63) is 59.7 Å². The Morgan fingerprint density at radius 1 is 1.04 bits per heavy atom. The molecule has 0 bridgehead atoms. The van der Waals surface area contributed by atoms with Gasteiger partial charge >= 0.3 is 12.0 Å². The van der Waals surface area contributed by atoms with Gasteiger partial charge in [0.15, 0.2) is 6.10 Å². The highest BCUT2D eigenvalue weighted by Gasteiger charge is 2.31. The van der Waals surface area contributed by atoms with E-state index >= 15 is 0 Å². The number of hydrogen-bond acceptors (Lipinski definition) is 4. The quantitative estimate of drug-likeness (QED) is 0.724. The summed E-state index contributed by atoms with van der Waals surface area (Å²) in [4.78, 5) is 36.4. The SMILES string of the molecule is CC(C)NC(=O)Nc1cccc(NC(=O)[C@H]2Cc3ccccc3C(=O)O2)c1. The number of amides is 3. The van der Waals surface area contributed by atoms with Gasteiger partial charge in [-0.2, -0.15) is 0 Å². The Hall–Kier alpha value is -3.35. The van der Waals surface area contributed by atoms with Gasteiger partial charge in [-0.15, -0.1) is 0 Å². The van der Waals surface area contributed by atoms with Crippen molar-refractivity contribution in [1.82, 2.24) is 5.32 Å². The van der Waals surface area contributed by atoms with Crippen LogP contribution in [0, 0.1) is 0 Å². The molecular formula is C20H21N3O4. The minimum absolute atomic E-state index is 0.0109. The largest absolute Gasteiger partial charge is 0.448 e. The third-order valence-electron chi connectivity index (χ3n) is 3.99. The van der Waals surface area contributed by atoms with Gasteiger partial charge in [-0.3, -0.25) is 4.79 Å². The molecule has 2 aromatic carbocycles. The number of carbonyl (C=O) groups excluding carboxylic acids is 3. The van der Waals surface area contributed by atoms with Gasteiger partial charge in [0.05, 0.1) is 5.56 Å². The van der Waals surface area contributed by atoms with Crippen LogP contribution < -0.4 is 16.0 Å². The highest BCUT2D eigenvalue weighted by atomic mass is 16.5. The van der Waals surface area contributed by atoms with Gasteiger partial charge in [-0.05, 0) is 43.7 Å². The molecule has 0 radical (unpaired) electrons. The van der Waals surface area contributed by atoms with Crippen molar-refractivity contribution >= 4 is 29.3 Å². The Bertz CT molecular complexity index is 879. The molecule has 1 aliphatic rings. The van der Waals surface area contributed by atoms with E-state index in [0.717, 1.165) is 5.56 Å². The van der Waals surface area contributed by atoms with Crippen molar-refractivity contribution in [3.63, 3.8) is 0 Å². The van der Waals surface area contributed by atoms with Gasteiger partial charge in [0.25, 0.3) is 5.91 Å². The molecule has 3 amide bonds. The van der Waals surface area contributed by atoms with Gasteiger partial charge in [-0.25, -0.2) is 9.59 Å². The number of ether oxygens (including phenoxy) is 1. The lowest BCUT2D eigenvalue weighted by molar-refractivity contribution is -0.125. The minimum atomic E-state index is -0.895. The van der Waals surface area contributed by atoms with Gasteiger partial charge in [0.1, 0.15) is 0 Å². The first-order valence-corrected chi connectivity index (χ1v) is 8.69. The highest BCUT2D eigenvalue weighted by molar-refractivity contribution is 6.00. The number of anilines is 2. The summed E-state index contributed by atoms with van der Waals surface area (Å²) < 4.78 is 5.25. The van der Waals surface area contributed by atoms with Crippen LogP contribution in [0.4, 0.5) is 16.2 Å². The van der Waals surface area contributed by atoms with Crippen LogP contribution in [0.2, 0.25) is 0 Å². The van der Waals surface area contributed by atoms with E-state index in [-0.39, 0.29) is 12.1 Å². The molecule has 140 valence electrons. The smallest absolute Gasteiger partial charge is 0.339 e. The molecule has 0 aromatic heterocycles.